The molecule has 0 heterocycles. The minimum absolute atomic E-state index is 0.0539. The molecule has 0 atom stereocenters. The number of carboxylic acid groups (broad SMARTS) is 1. The van der Waals surface area contributed by atoms with Crippen LogP contribution in [0.2, 0.25) is 0 Å². The van der Waals surface area contributed by atoms with Crippen molar-refractivity contribution in [2.45, 2.75) is 50.1 Å². The normalized spacial score (nSPS) is 12.2. The quantitative estimate of drug-likeness (QED) is 0.0997. The smallest absolute Gasteiger partial charge is 0.431 e. The number of hydrogen-bond donors (Lipinski definition) is 5. The van der Waals surface area contributed by atoms with Crippen LogP contribution in [-0.4, -0.2) is 60.6 Å². The zero-order valence-corrected chi connectivity index (χ0v) is 16.0. The fraction of sp³-hybridized carbons (Fsp3) is 0.857. The van der Waals surface area contributed by atoms with Crippen LogP contribution in [-0.2, 0) is 4.79 Å². The molecule has 29 heavy (non-hydrogen) atoms. The molecule has 174 valence electrons. The van der Waals surface area contributed by atoms with Gasteiger partial charge in [-0.3, -0.25) is 16.1 Å². The molecule has 15 heteroatoms. The summed E-state index contributed by atoms with van der Waals surface area (Å²) in [6, 6.07) is 0. The Kier molecular flexibility index (Phi) is 15.0. The van der Waals surface area contributed by atoms with E-state index in [1.165, 1.54) is 0 Å². The van der Waals surface area contributed by atoms with Crippen LogP contribution in [0.1, 0.15) is 32.1 Å². The Bertz CT molecular complexity index is 461. The Morgan fingerprint density at radius 3 is 1.79 bits per heavy atom. The molecule has 6 N–H and O–H groups in total. The molecular weight excluding hydrogens is 441 g/mol. The van der Waals surface area contributed by atoms with Gasteiger partial charge in [0.05, 0.1) is 0 Å². The average molecular weight is 465 g/mol. The van der Waals surface area contributed by atoms with Gasteiger partial charge in [-0.05, 0) is 19.3 Å². The zero-order chi connectivity index (χ0) is 23.1. The molecule has 0 aliphatic heterocycles. The van der Waals surface area contributed by atoms with Crippen molar-refractivity contribution in [3.8, 4) is 0 Å². The van der Waals surface area contributed by atoms with E-state index in [4.69, 9.17) is 15.7 Å². The van der Waals surface area contributed by atoms with E-state index in [2.05, 4.69) is 27.7 Å². The van der Waals surface area contributed by atoms with Crippen LogP contribution in [0, 0.1) is 0 Å². The van der Waals surface area contributed by atoms with E-state index in [0.717, 1.165) is 0 Å². The standard InChI is InChI=1S/C13H23F7N4O.CHClO2/c14-11(12(15,16)17,13(18,19)20)5-3-1-2-4-10(25)23-8-6-22-7-9-24-21;2-1(3)4/h22,24H,1-9,21H2,(H,23,25);(H,3,4). The first-order valence-electron chi connectivity index (χ1n) is 8.30. The Balaban J connectivity index is 0. The molecule has 0 aliphatic carbocycles. The highest BCUT2D eigenvalue weighted by molar-refractivity contribution is 6.60. The van der Waals surface area contributed by atoms with Gasteiger partial charge in [0.1, 0.15) is 0 Å². The van der Waals surface area contributed by atoms with E-state index in [0.29, 0.717) is 26.2 Å². The van der Waals surface area contributed by atoms with Crippen LogP contribution in [0.3, 0.4) is 0 Å². The third-order valence-electron chi connectivity index (χ3n) is 3.39. The number of unbranched alkanes of at least 4 members (excludes halogenated alkanes) is 2. The first-order chi connectivity index (χ1) is 13.2. The number of alkyl halides is 7. The van der Waals surface area contributed by atoms with Gasteiger partial charge in [-0.25, -0.2) is 9.18 Å². The molecule has 0 fully saturated rings. The summed E-state index contributed by atoms with van der Waals surface area (Å²) < 4.78 is 87.2. The monoisotopic (exact) mass is 464 g/mol. The lowest BCUT2D eigenvalue weighted by Crippen LogP contribution is -2.53. The van der Waals surface area contributed by atoms with Gasteiger partial charge in [0, 0.05) is 44.2 Å². The number of carbonyl (C=O) groups is 2. The third kappa shape index (κ3) is 14.3. The molecule has 0 unspecified atom stereocenters. The molecule has 7 nitrogen and oxygen atoms in total. The molecule has 0 aromatic carbocycles. The Morgan fingerprint density at radius 1 is 0.862 bits per heavy atom. The fourth-order valence-electron chi connectivity index (χ4n) is 1.94. The van der Waals surface area contributed by atoms with E-state index in [1.54, 1.807) is 0 Å². The minimum Gasteiger partial charge on any atom is -0.469 e. The van der Waals surface area contributed by atoms with Crippen molar-refractivity contribution in [2.24, 2.45) is 5.84 Å². The predicted molar refractivity (Wildman–Crippen MR) is 91.0 cm³/mol. The molecule has 0 aromatic heterocycles. The third-order valence-corrected chi connectivity index (χ3v) is 3.39. The second kappa shape index (κ2) is 14.6. The number of nitrogens with two attached hydrogens (primary N) is 1. The highest BCUT2D eigenvalue weighted by Crippen LogP contribution is 2.49. The van der Waals surface area contributed by atoms with Gasteiger partial charge < -0.3 is 15.7 Å². The van der Waals surface area contributed by atoms with Crippen molar-refractivity contribution in [2.75, 3.05) is 26.2 Å². The van der Waals surface area contributed by atoms with Gasteiger partial charge in [-0.15, -0.1) is 0 Å². The van der Waals surface area contributed by atoms with Crippen molar-refractivity contribution in [1.29, 1.82) is 0 Å². The van der Waals surface area contributed by atoms with Gasteiger partial charge in [-0.1, -0.05) is 6.42 Å². The second-order valence-corrected chi connectivity index (χ2v) is 5.99. The summed E-state index contributed by atoms with van der Waals surface area (Å²) in [5.41, 5.74) is -4.16. The van der Waals surface area contributed by atoms with E-state index in [-0.39, 0.29) is 25.2 Å². The molecule has 0 aliphatic rings. The van der Waals surface area contributed by atoms with Crippen molar-refractivity contribution < 1.29 is 45.4 Å². The molecule has 0 spiro atoms. The molecular formula is C14H24ClF7N4O3. The van der Waals surface area contributed by atoms with Crippen molar-refractivity contribution >= 4 is 22.9 Å². The molecule has 0 aromatic rings. The number of halogens is 8. The number of carbonyl (C=O) groups excluding carboxylic acids is 1. The molecule has 0 saturated carbocycles. The number of hydrogen-bond acceptors (Lipinski definition) is 5. The summed E-state index contributed by atoms with van der Waals surface area (Å²) in [5.74, 6) is 4.66. The largest absolute Gasteiger partial charge is 0.469 e. The van der Waals surface area contributed by atoms with Gasteiger partial charge in [0.2, 0.25) is 5.91 Å². The maximum atomic E-state index is 13.3. The van der Waals surface area contributed by atoms with Gasteiger partial charge in [0.25, 0.3) is 5.67 Å². The first-order valence-corrected chi connectivity index (χ1v) is 8.68. The Hall–Kier alpha value is -1.38. The van der Waals surface area contributed by atoms with E-state index in [9.17, 15) is 35.5 Å². The maximum Gasteiger partial charge on any atom is 0.431 e. The lowest BCUT2D eigenvalue weighted by Gasteiger charge is -2.29. The molecule has 0 bridgehead atoms. The minimum atomic E-state index is -6.02. The van der Waals surface area contributed by atoms with Gasteiger partial charge in [-0.2, -0.15) is 26.3 Å². The fourth-order valence-corrected chi connectivity index (χ4v) is 1.94. The van der Waals surface area contributed by atoms with Crippen LogP contribution in [0.15, 0.2) is 0 Å². The lowest BCUT2D eigenvalue weighted by atomic mass is 9.96. The Labute approximate surface area is 167 Å². The van der Waals surface area contributed by atoms with E-state index < -0.39 is 36.3 Å². The highest BCUT2D eigenvalue weighted by atomic mass is 35.5. The van der Waals surface area contributed by atoms with Crippen molar-refractivity contribution in [3.63, 3.8) is 0 Å². The Morgan fingerprint density at radius 2 is 1.34 bits per heavy atom. The van der Waals surface area contributed by atoms with E-state index in [1.807, 2.05) is 0 Å². The van der Waals surface area contributed by atoms with Crippen LogP contribution < -0.4 is 21.9 Å². The summed E-state index contributed by atoms with van der Waals surface area (Å²) in [6.45, 7) is 1.93. The first kappa shape index (κ1) is 29.8. The summed E-state index contributed by atoms with van der Waals surface area (Å²) in [4.78, 5) is 20.2. The van der Waals surface area contributed by atoms with Crippen LogP contribution in [0.4, 0.5) is 35.5 Å². The molecule has 0 rings (SSSR count). The highest BCUT2D eigenvalue weighted by Gasteiger charge is 2.71. The average Bonchev–Trinajstić information content (AvgIpc) is 2.55. The summed E-state index contributed by atoms with van der Waals surface area (Å²) >= 11 is 4.19. The van der Waals surface area contributed by atoms with Crippen molar-refractivity contribution in [1.82, 2.24) is 16.1 Å². The summed E-state index contributed by atoms with van der Waals surface area (Å²) in [7, 11) is 0. The maximum absolute atomic E-state index is 13.3. The molecule has 1 amide bonds. The van der Waals surface area contributed by atoms with Crippen LogP contribution >= 0.6 is 11.6 Å². The van der Waals surface area contributed by atoms with Gasteiger partial charge in [0.15, 0.2) is 0 Å². The van der Waals surface area contributed by atoms with Crippen LogP contribution in [0.25, 0.3) is 0 Å². The lowest BCUT2D eigenvalue weighted by molar-refractivity contribution is -0.343. The van der Waals surface area contributed by atoms with Crippen LogP contribution in [0.5, 0.6) is 0 Å². The summed E-state index contributed by atoms with van der Waals surface area (Å²) in [5, 5.41) is 12.7. The number of rotatable bonds is 12. The zero-order valence-electron chi connectivity index (χ0n) is 15.2. The number of hydrazine groups is 1. The van der Waals surface area contributed by atoms with Crippen molar-refractivity contribution in [3.05, 3.63) is 0 Å². The number of amides is 1. The SMILES string of the molecule is NNCCNCCNC(=O)CCCCCC(F)(C(F)(F)F)C(F)(F)F.O=C(O)Cl. The van der Waals surface area contributed by atoms with E-state index >= 15 is 0 Å². The predicted octanol–water partition coefficient (Wildman–Crippen LogP) is 2.84. The second-order valence-electron chi connectivity index (χ2n) is 5.66. The topological polar surface area (TPSA) is 116 Å². The van der Waals surface area contributed by atoms with Gasteiger partial charge >= 0.3 is 17.8 Å². The number of nitrogens with one attached hydrogen (secondary N) is 3. The molecule has 0 saturated heterocycles. The molecule has 0 radical (unpaired) electrons. The summed E-state index contributed by atoms with van der Waals surface area (Å²) in [6.07, 6.45) is -14.5.